The first-order valence-corrected chi connectivity index (χ1v) is 8.72. The Labute approximate surface area is 158 Å². The van der Waals surface area contributed by atoms with Gasteiger partial charge in [-0.3, -0.25) is 9.48 Å². The van der Waals surface area contributed by atoms with Gasteiger partial charge in [0.05, 0.1) is 19.9 Å². The van der Waals surface area contributed by atoms with Gasteiger partial charge in [-0.15, -0.1) is 0 Å². The summed E-state index contributed by atoms with van der Waals surface area (Å²) < 4.78 is 12.5. The number of benzene rings is 2. The molecule has 140 valence electrons. The minimum atomic E-state index is -0.146. The minimum Gasteiger partial charge on any atom is -0.497 e. The summed E-state index contributed by atoms with van der Waals surface area (Å²) in [7, 11) is 5.04. The van der Waals surface area contributed by atoms with Crippen LogP contribution in [0.1, 0.15) is 17.4 Å². The second-order valence-electron chi connectivity index (χ2n) is 5.99. The number of anilines is 1. The highest BCUT2D eigenvalue weighted by Gasteiger charge is 2.22. The first-order valence-electron chi connectivity index (χ1n) is 8.72. The van der Waals surface area contributed by atoms with Gasteiger partial charge in [0.1, 0.15) is 11.5 Å². The normalized spacial score (nSPS) is 10.5. The average molecular weight is 365 g/mol. The number of amides is 1. The number of carbonyl (C=O) groups is 1. The molecule has 0 aliphatic carbocycles. The van der Waals surface area contributed by atoms with Crippen LogP contribution in [-0.4, -0.2) is 36.5 Å². The molecule has 1 aromatic heterocycles. The number of ether oxygens (including phenoxy) is 2. The highest BCUT2D eigenvalue weighted by atomic mass is 16.5. The number of nitrogens with zero attached hydrogens (tertiary/aromatic N) is 3. The van der Waals surface area contributed by atoms with E-state index in [2.05, 4.69) is 5.10 Å². The maximum absolute atomic E-state index is 13.0. The average Bonchev–Trinajstić information content (AvgIpc) is 3.10. The molecule has 0 spiro atoms. The van der Waals surface area contributed by atoms with E-state index in [4.69, 9.17) is 9.47 Å². The predicted molar refractivity (Wildman–Crippen MR) is 106 cm³/mol. The quantitative estimate of drug-likeness (QED) is 0.667. The second-order valence-corrected chi connectivity index (χ2v) is 5.99. The molecule has 6 heteroatoms. The molecule has 3 rings (SSSR count). The van der Waals surface area contributed by atoms with Crippen LogP contribution in [-0.2, 0) is 7.05 Å². The van der Waals surface area contributed by atoms with E-state index < -0.39 is 0 Å². The van der Waals surface area contributed by atoms with E-state index in [9.17, 15) is 4.79 Å². The molecule has 0 N–H and O–H groups in total. The first kappa shape index (κ1) is 18.5. The van der Waals surface area contributed by atoms with Crippen LogP contribution in [0.5, 0.6) is 11.5 Å². The second kappa shape index (κ2) is 7.95. The van der Waals surface area contributed by atoms with E-state index in [0.717, 1.165) is 16.9 Å². The number of aryl methyl sites for hydroxylation is 1. The lowest BCUT2D eigenvalue weighted by Crippen LogP contribution is -2.30. The number of aromatic nitrogens is 2. The first-order chi connectivity index (χ1) is 13.1. The molecule has 3 aromatic rings. The minimum absolute atomic E-state index is 0.146. The lowest BCUT2D eigenvalue weighted by Gasteiger charge is -2.19. The van der Waals surface area contributed by atoms with Gasteiger partial charge in [0, 0.05) is 24.8 Å². The van der Waals surface area contributed by atoms with Gasteiger partial charge in [0.15, 0.2) is 5.69 Å². The maximum Gasteiger partial charge on any atom is 0.278 e. The molecule has 0 aliphatic heterocycles. The standard InChI is InChI=1S/C21H23N3O3/c1-5-24(15-9-7-6-8-10-15)21(25)18-14-19(23(2)22-18)17-13-16(26-3)11-12-20(17)27-4/h6-14H,5H2,1-4H3. The zero-order valence-corrected chi connectivity index (χ0v) is 16.0. The molecule has 0 fully saturated rings. The molecule has 1 heterocycles. The van der Waals surface area contributed by atoms with Crippen molar-refractivity contribution in [3.05, 3.63) is 60.3 Å². The Balaban J connectivity index is 2.01. The monoisotopic (exact) mass is 365 g/mol. The summed E-state index contributed by atoms with van der Waals surface area (Å²) in [6, 6.07) is 16.9. The fourth-order valence-electron chi connectivity index (χ4n) is 3.03. The van der Waals surface area contributed by atoms with Crippen LogP contribution in [0, 0.1) is 0 Å². The molecule has 0 atom stereocenters. The van der Waals surface area contributed by atoms with Crippen molar-refractivity contribution in [3.8, 4) is 22.8 Å². The summed E-state index contributed by atoms with van der Waals surface area (Å²) in [6.07, 6.45) is 0. The Morgan fingerprint density at radius 1 is 1.07 bits per heavy atom. The van der Waals surface area contributed by atoms with E-state index in [-0.39, 0.29) is 5.91 Å². The summed E-state index contributed by atoms with van der Waals surface area (Å²) in [5.41, 5.74) is 2.81. The Bertz CT molecular complexity index is 935. The highest BCUT2D eigenvalue weighted by molar-refractivity contribution is 6.05. The number of para-hydroxylation sites is 1. The Kier molecular flexibility index (Phi) is 5.45. The molecule has 6 nitrogen and oxygen atoms in total. The number of hydrogen-bond donors (Lipinski definition) is 0. The summed E-state index contributed by atoms with van der Waals surface area (Å²) >= 11 is 0. The molecule has 27 heavy (non-hydrogen) atoms. The summed E-state index contributed by atoms with van der Waals surface area (Å²) in [6.45, 7) is 2.50. The summed E-state index contributed by atoms with van der Waals surface area (Å²) in [4.78, 5) is 14.7. The molecule has 0 unspecified atom stereocenters. The molecular weight excluding hydrogens is 342 g/mol. The van der Waals surface area contributed by atoms with Gasteiger partial charge in [-0.05, 0) is 43.3 Å². The van der Waals surface area contributed by atoms with Gasteiger partial charge in [0.25, 0.3) is 5.91 Å². The fraction of sp³-hybridized carbons (Fsp3) is 0.238. The Hall–Kier alpha value is -3.28. The van der Waals surface area contributed by atoms with Gasteiger partial charge in [-0.2, -0.15) is 5.10 Å². The summed E-state index contributed by atoms with van der Waals surface area (Å²) in [5.74, 6) is 1.25. The van der Waals surface area contributed by atoms with E-state index >= 15 is 0 Å². The van der Waals surface area contributed by atoms with Crippen molar-refractivity contribution in [3.63, 3.8) is 0 Å². The predicted octanol–water partition coefficient (Wildman–Crippen LogP) is 3.77. The smallest absolute Gasteiger partial charge is 0.278 e. The van der Waals surface area contributed by atoms with Gasteiger partial charge < -0.3 is 14.4 Å². The van der Waals surface area contributed by atoms with Gasteiger partial charge >= 0.3 is 0 Å². The topological polar surface area (TPSA) is 56.6 Å². The van der Waals surface area contributed by atoms with E-state index in [1.807, 2.05) is 62.5 Å². The number of methoxy groups -OCH3 is 2. The zero-order valence-electron chi connectivity index (χ0n) is 16.0. The van der Waals surface area contributed by atoms with Crippen LogP contribution >= 0.6 is 0 Å². The third-order valence-electron chi connectivity index (χ3n) is 4.41. The number of carbonyl (C=O) groups excluding carboxylic acids is 1. The van der Waals surface area contributed by atoms with Crippen LogP contribution in [0.15, 0.2) is 54.6 Å². The van der Waals surface area contributed by atoms with Crippen LogP contribution < -0.4 is 14.4 Å². The van der Waals surface area contributed by atoms with Crippen LogP contribution in [0.2, 0.25) is 0 Å². The van der Waals surface area contributed by atoms with E-state index in [1.54, 1.807) is 29.9 Å². The van der Waals surface area contributed by atoms with Crippen molar-refractivity contribution in [2.45, 2.75) is 6.92 Å². The lowest BCUT2D eigenvalue weighted by atomic mass is 10.1. The largest absolute Gasteiger partial charge is 0.497 e. The molecule has 0 radical (unpaired) electrons. The molecule has 1 amide bonds. The molecule has 0 saturated carbocycles. The van der Waals surface area contributed by atoms with Gasteiger partial charge in [-0.25, -0.2) is 0 Å². The third-order valence-corrected chi connectivity index (χ3v) is 4.41. The van der Waals surface area contributed by atoms with Crippen molar-refractivity contribution in [1.82, 2.24) is 9.78 Å². The van der Waals surface area contributed by atoms with Crippen molar-refractivity contribution in [2.24, 2.45) is 7.05 Å². The SMILES string of the molecule is CCN(C(=O)c1cc(-c2cc(OC)ccc2OC)n(C)n1)c1ccccc1. The van der Waals surface area contributed by atoms with Crippen LogP contribution in [0.4, 0.5) is 5.69 Å². The molecule has 2 aromatic carbocycles. The zero-order chi connectivity index (χ0) is 19.4. The lowest BCUT2D eigenvalue weighted by molar-refractivity contribution is 0.0983. The van der Waals surface area contributed by atoms with Crippen molar-refractivity contribution in [2.75, 3.05) is 25.7 Å². The third kappa shape index (κ3) is 3.65. The molecule has 0 bridgehead atoms. The van der Waals surface area contributed by atoms with Gasteiger partial charge in [0.2, 0.25) is 0 Å². The number of rotatable bonds is 6. The van der Waals surface area contributed by atoms with Crippen LogP contribution in [0.25, 0.3) is 11.3 Å². The Morgan fingerprint density at radius 2 is 1.81 bits per heavy atom. The highest BCUT2D eigenvalue weighted by Crippen LogP contribution is 2.33. The summed E-state index contributed by atoms with van der Waals surface area (Å²) in [5, 5.41) is 4.44. The van der Waals surface area contributed by atoms with E-state index in [1.165, 1.54) is 0 Å². The van der Waals surface area contributed by atoms with Crippen molar-refractivity contribution < 1.29 is 14.3 Å². The van der Waals surface area contributed by atoms with Gasteiger partial charge in [-0.1, -0.05) is 18.2 Å². The van der Waals surface area contributed by atoms with Crippen molar-refractivity contribution >= 4 is 11.6 Å². The maximum atomic E-state index is 13.0. The van der Waals surface area contributed by atoms with E-state index in [0.29, 0.717) is 23.7 Å². The molecular formula is C21H23N3O3. The van der Waals surface area contributed by atoms with Crippen molar-refractivity contribution in [1.29, 1.82) is 0 Å². The molecule has 0 saturated heterocycles. The number of hydrogen-bond acceptors (Lipinski definition) is 4. The molecule has 0 aliphatic rings. The van der Waals surface area contributed by atoms with Crippen LogP contribution in [0.3, 0.4) is 0 Å². The Morgan fingerprint density at radius 3 is 2.44 bits per heavy atom. The fourth-order valence-corrected chi connectivity index (χ4v) is 3.03.